The molecular formula is C56H62F3N7O15. The van der Waals surface area contributed by atoms with Crippen molar-refractivity contribution in [2.24, 2.45) is 7.05 Å². The number of fused-ring (bicyclic) bond motifs is 2. The lowest BCUT2D eigenvalue weighted by Crippen LogP contribution is -2.61. The molecule has 0 radical (unpaired) electrons. The number of piperidine rings is 1. The molecule has 0 spiro atoms. The Morgan fingerprint density at radius 1 is 0.852 bits per heavy atom. The molecule has 5 atom stereocenters. The van der Waals surface area contributed by atoms with Gasteiger partial charge >= 0.3 is 12.1 Å². The van der Waals surface area contributed by atoms with Crippen molar-refractivity contribution in [3.63, 3.8) is 0 Å². The molecule has 81 heavy (non-hydrogen) atoms. The second-order valence-electron chi connectivity index (χ2n) is 19.6. The van der Waals surface area contributed by atoms with E-state index in [4.69, 9.17) is 28.7 Å². The number of nitrogens with zero attached hydrogens (tertiary/aromatic N) is 5. The van der Waals surface area contributed by atoms with Gasteiger partial charge in [-0.2, -0.15) is 13.2 Å². The van der Waals surface area contributed by atoms with Crippen molar-refractivity contribution in [2.45, 2.75) is 82.5 Å². The van der Waals surface area contributed by atoms with E-state index in [-0.39, 0.29) is 127 Å². The van der Waals surface area contributed by atoms with Gasteiger partial charge in [0, 0.05) is 54.7 Å². The maximum absolute atomic E-state index is 13.5. The zero-order valence-corrected chi connectivity index (χ0v) is 44.6. The number of aryl methyl sites for hydroxylation is 2. The number of benzene rings is 3. The highest BCUT2D eigenvalue weighted by molar-refractivity contribution is 6.25. The highest BCUT2D eigenvalue weighted by Crippen LogP contribution is 2.40. The highest BCUT2D eigenvalue weighted by atomic mass is 19.4. The Labute approximate surface area is 462 Å². The Morgan fingerprint density at radius 2 is 1.57 bits per heavy atom. The predicted molar refractivity (Wildman–Crippen MR) is 281 cm³/mol. The number of carbonyl (C=O) groups is 6. The van der Waals surface area contributed by atoms with Crippen molar-refractivity contribution in [3.05, 3.63) is 120 Å². The van der Waals surface area contributed by atoms with Gasteiger partial charge in [-0.05, 0) is 65.9 Å². The minimum absolute atomic E-state index is 0. The number of alkyl halides is 3. The van der Waals surface area contributed by atoms with Crippen LogP contribution in [0.5, 0.6) is 5.75 Å². The van der Waals surface area contributed by atoms with Crippen LogP contribution in [0, 0.1) is 14.4 Å². The highest BCUT2D eigenvalue weighted by Gasteiger charge is 2.49. The predicted octanol–water partition coefficient (Wildman–Crippen LogP) is 2.71. The van der Waals surface area contributed by atoms with Gasteiger partial charge in [0.15, 0.2) is 6.10 Å². The first kappa shape index (κ1) is 59.5. The second-order valence-corrected chi connectivity index (χ2v) is 19.6. The molecule has 9 rings (SSSR count). The molecule has 0 bridgehead atoms. The number of ether oxygens (including phenoxy) is 5. The average molecular weight is 1130 g/mol. The number of aliphatic hydroxyl groups is 3. The fourth-order valence-electron chi connectivity index (χ4n) is 9.87. The van der Waals surface area contributed by atoms with E-state index in [0.29, 0.717) is 47.5 Å². The van der Waals surface area contributed by atoms with E-state index in [9.17, 15) is 62.4 Å². The van der Waals surface area contributed by atoms with Crippen molar-refractivity contribution in [2.75, 3.05) is 69.5 Å². The summed E-state index contributed by atoms with van der Waals surface area (Å²) < 4.78 is 71.6. The molecule has 0 saturated carbocycles. The molecule has 1 aliphatic carbocycles. The quantitative estimate of drug-likeness (QED) is 0.0224. The Bertz CT molecular complexity index is 3230. The van der Waals surface area contributed by atoms with E-state index in [0.717, 1.165) is 39.9 Å². The van der Waals surface area contributed by atoms with E-state index in [1.54, 1.807) is 23.4 Å². The Kier molecular flexibility index (Phi) is 18.7. The van der Waals surface area contributed by atoms with Crippen molar-refractivity contribution >= 4 is 57.9 Å². The second kappa shape index (κ2) is 25.4. The molecule has 25 heteroatoms. The first-order valence-electron chi connectivity index (χ1n) is 25.8. The molecule has 4 aliphatic rings. The van der Waals surface area contributed by atoms with Crippen LogP contribution in [0.2, 0.25) is 0 Å². The molecule has 0 unspecified atom stereocenters. The zero-order chi connectivity index (χ0) is 57.0. The standard InChI is InChI=1S/C55H58F3N7O15.CH3/c1-30-45-38(33-7-8-40-34(25-33)11-14-64(40)44(68)24-31-4-3-5-35(22-31)55(56,57)58)28-62(2)50(45)63(29-60-30)27-32-6-9-41(79-54-48(71)46(69)47(70)49(80-54)53(74)75)39(23-32)61-43(67)10-13-59-42(66)12-16-76-18-20-78-21-19-77-17-15-65-51(72)36-26-37(36)52(65)73;/h3-9,22-23,25,28-29,46-49,54,69-71H,10-21,24,26-27H2,1-2H3,(H2-,59,61,66,67,74,75);1H3/q;-1/p+1/t46-,47-,48+,49-,54+;/m0./s1. The number of amides is 5. The molecule has 3 aliphatic heterocycles. The van der Waals surface area contributed by atoms with Gasteiger partial charge in [0.2, 0.25) is 36.0 Å². The maximum atomic E-state index is 13.5. The van der Waals surface area contributed by atoms with Crippen LogP contribution in [0.1, 0.15) is 47.2 Å². The summed E-state index contributed by atoms with van der Waals surface area (Å²) >= 11 is 0. The summed E-state index contributed by atoms with van der Waals surface area (Å²) in [6.45, 7) is 3.73. The molecule has 22 nitrogen and oxygen atoms in total. The maximum Gasteiger partial charge on any atom is 0.416 e. The number of hydrogen-bond donors (Lipinski definition) is 6. The molecule has 5 heterocycles. The van der Waals surface area contributed by atoms with Crippen LogP contribution in [-0.2, 0) is 80.3 Å². The van der Waals surface area contributed by atoms with Crippen LogP contribution < -0.4 is 24.8 Å². The first-order valence-corrected chi connectivity index (χ1v) is 25.8. The van der Waals surface area contributed by atoms with Crippen molar-refractivity contribution in [1.82, 2.24) is 19.8 Å². The van der Waals surface area contributed by atoms with Crippen LogP contribution in [0.3, 0.4) is 0 Å². The summed E-state index contributed by atoms with van der Waals surface area (Å²) in [6.07, 6.45) is -9.92. The Hall–Kier alpha value is -7.65. The van der Waals surface area contributed by atoms with Gasteiger partial charge in [-0.1, -0.05) is 30.3 Å². The summed E-state index contributed by atoms with van der Waals surface area (Å²) in [5.41, 5.74) is 6.02. The van der Waals surface area contributed by atoms with Gasteiger partial charge in [0.25, 0.3) is 11.8 Å². The van der Waals surface area contributed by atoms with Crippen LogP contribution in [0.25, 0.3) is 22.2 Å². The third-order valence-electron chi connectivity index (χ3n) is 14.0. The smallest absolute Gasteiger partial charge is 0.416 e. The summed E-state index contributed by atoms with van der Waals surface area (Å²) in [5.74, 6) is -3.48. The Balaban J connectivity index is 0.00000860. The lowest BCUT2D eigenvalue weighted by molar-refractivity contribution is -0.668. The van der Waals surface area contributed by atoms with Crippen LogP contribution in [0.4, 0.5) is 24.5 Å². The lowest BCUT2D eigenvalue weighted by Gasteiger charge is -2.38. The minimum atomic E-state index is -4.53. The number of halogens is 3. The largest absolute Gasteiger partial charge is 0.479 e. The molecule has 432 valence electrons. The van der Waals surface area contributed by atoms with E-state index >= 15 is 0 Å². The van der Waals surface area contributed by atoms with Crippen LogP contribution >= 0.6 is 0 Å². The summed E-state index contributed by atoms with van der Waals surface area (Å²) in [4.78, 5) is 82.9. The number of anilines is 2. The fraction of sp³-hybridized carbons (Fsp3) is 0.411. The number of nitrogens with one attached hydrogen (secondary N) is 2. The molecule has 1 fully saturated rings. The number of imide groups is 1. The van der Waals surface area contributed by atoms with Crippen molar-refractivity contribution in [3.8, 4) is 16.9 Å². The molecule has 5 aromatic rings. The number of aliphatic carboxylic acids is 1. The molecular weight excluding hydrogens is 1070 g/mol. The third kappa shape index (κ3) is 13.6. The summed E-state index contributed by atoms with van der Waals surface area (Å²) in [7, 11) is 1.87. The zero-order valence-electron chi connectivity index (χ0n) is 44.6. The van der Waals surface area contributed by atoms with E-state index in [2.05, 4.69) is 10.6 Å². The topological polar surface area (TPSA) is 282 Å². The third-order valence-corrected chi connectivity index (χ3v) is 14.0. The SMILES string of the molecule is Cc1nc[n+](Cc2ccc(O[C@@H]3O[C@H](C(=O)O)[C@@H](O)[C@H](O)[C@H]3O)c(NC(=O)CCNC(=O)CCOCCOCCOCCN3C(=O)C4=C(C4)C3=O)c2)c2c1c(-c1ccc3c(c1)CCN3C(=O)Cc1cccc(C(F)(F)F)c1)cn2C.[CH3-]. The number of likely N-dealkylation sites (tertiary alicyclic amines) is 1. The average Bonchev–Trinajstić information content (AvgIpc) is 4.16. The normalized spacial score (nSPS) is 19.4. The number of hydrogen-bond acceptors (Lipinski definition) is 15. The van der Waals surface area contributed by atoms with Crippen LogP contribution in [-0.4, -0.2) is 160 Å². The van der Waals surface area contributed by atoms with Crippen molar-refractivity contribution in [1.29, 1.82) is 0 Å². The van der Waals surface area contributed by atoms with Gasteiger partial charge in [0.05, 0.1) is 89.0 Å². The minimum Gasteiger partial charge on any atom is -0.479 e. The number of rotatable bonds is 24. The molecule has 2 aromatic heterocycles. The summed E-state index contributed by atoms with van der Waals surface area (Å²) in [6, 6.07) is 15.2. The van der Waals surface area contributed by atoms with Gasteiger partial charge in [0.1, 0.15) is 29.8 Å². The van der Waals surface area contributed by atoms with Gasteiger partial charge in [-0.3, -0.25) is 33.4 Å². The molecule has 3 aromatic carbocycles. The van der Waals surface area contributed by atoms with E-state index in [1.807, 2.05) is 47.5 Å². The number of carbonyl (C=O) groups excluding carboxylic acids is 5. The van der Waals surface area contributed by atoms with Gasteiger partial charge in [-0.25, -0.2) is 9.36 Å². The van der Waals surface area contributed by atoms with Crippen LogP contribution in [0.15, 0.2) is 84.3 Å². The number of aliphatic hydroxyl groups excluding tert-OH is 3. The monoisotopic (exact) mass is 1130 g/mol. The number of carboxylic acid groups (broad SMARTS) is 1. The van der Waals surface area contributed by atoms with Gasteiger partial charge < -0.3 is 67.1 Å². The van der Waals surface area contributed by atoms with Gasteiger partial charge in [-0.15, -0.1) is 4.98 Å². The lowest BCUT2D eigenvalue weighted by atomic mass is 9.99. The number of aromatic nitrogens is 3. The molecule has 6 N–H and O–H groups in total. The van der Waals surface area contributed by atoms with E-state index < -0.39 is 54.3 Å². The Morgan fingerprint density at radius 3 is 2.28 bits per heavy atom. The van der Waals surface area contributed by atoms with Crippen molar-refractivity contribution < 1.29 is 90.6 Å². The fourth-order valence-corrected chi connectivity index (χ4v) is 9.87. The van der Waals surface area contributed by atoms with E-state index in [1.165, 1.54) is 23.1 Å². The first-order chi connectivity index (χ1) is 38.3. The molecule has 1 saturated heterocycles. The number of carboxylic acids is 1. The summed E-state index contributed by atoms with van der Waals surface area (Å²) in [5, 5.41) is 47.4. The molecule has 5 amide bonds.